The Kier molecular flexibility index (Phi) is 5.60. The van der Waals surface area contributed by atoms with Crippen molar-refractivity contribution in [2.45, 2.75) is 18.9 Å². The highest BCUT2D eigenvalue weighted by Gasteiger charge is 2.30. The predicted octanol–water partition coefficient (Wildman–Crippen LogP) is 2.39. The molecule has 3 rings (SSSR count). The second-order valence-electron chi connectivity index (χ2n) is 6.47. The van der Waals surface area contributed by atoms with Gasteiger partial charge in [0.15, 0.2) is 0 Å². The SMILES string of the molecule is CN(C)CCOc1cc(C(=O)N2CCCC2c2ccncc2)ccn1. The van der Waals surface area contributed by atoms with Crippen LogP contribution in [0.3, 0.4) is 0 Å². The molecule has 1 aliphatic rings. The van der Waals surface area contributed by atoms with Crippen LogP contribution in [-0.2, 0) is 0 Å². The van der Waals surface area contributed by atoms with Crippen LogP contribution in [0.4, 0.5) is 0 Å². The Balaban J connectivity index is 1.72. The van der Waals surface area contributed by atoms with Crippen LogP contribution in [0.15, 0.2) is 42.9 Å². The van der Waals surface area contributed by atoms with Crippen LogP contribution in [0, 0.1) is 0 Å². The van der Waals surface area contributed by atoms with Crippen molar-refractivity contribution in [2.24, 2.45) is 0 Å². The molecule has 0 aliphatic carbocycles. The van der Waals surface area contributed by atoms with E-state index in [-0.39, 0.29) is 11.9 Å². The Hall–Kier alpha value is -2.47. The number of carbonyl (C=O) groups excluding carboxylic acids is 1. The molecule has 6 nitrogen and oxygen atoms in total. The molecule has 1 atom stereocenters. The maximum absolute atomic E-state index is 13.0. The number of pyridine rings is 2. The van der Waals surface area contributed by atoms with Gasteiger partial charge in [0.1, 0.15) is 6.61 Å². The second-order valence-corrected chi connectivity index (χ2v) is 6.47. The Labute approximate surface area is 148 Å². The standard InChI is InChI=1S/C19H24N4O2/c1-22(2)12-13-25-18-14-16(7-10-21-18)19(24)23-11-3-4-17(23)15-5-8-20-9-6-15/h5-10,14,17H,3-4,11-13H2,1-2H3. The normalized spacial score (nSPS) is 17.1. The summed E-state index contributed by atoms with van der Waals surface area (Å²) in [5.74, 6) is 0.520. The van der Waals surface area contributed by atoms with E-state index in [1.54, 1.807) is 30.7 Å². The number of carbonyl (C=O) groups is 1. The van der Waals surface area contributed by atoms with Gasteiger partial charge >= 0.3 is 0 Å². The van der Waals surface area contributed by atoms with Gasteiger partial charge in [-0.25, -0.2) is 4.98 Å². The van der Waals surface area contributed by atoms with Crippen molar-refractivity contribution in [1.29, 1.82) is 0 Å². The lowest BCUT2D eigenvalue weighted by Gasteiger charge is -2.25. The van der Waals surface area contributed by atoms with E-state index in [1.165, 1.54) is 0 Å². The molecule has 2 aromatic heterocycles. The molecule has 0 aromatic carbocycles. The van der Waals surface area contributed by atoms with Crippen LogP contribution >= 0.6 is 0 Å². The van der Waals surface area contributed by atoms with Gasteiger partial charge in [-0.3, -0.25) is 9.78 Å². The molecule has 0 N–H and O–H groups in total. The maximum atomic E-state index is 13.0. The van der Waals surface area contributed by atoms with Crippen molar-refractivity contribution >= 4 is 5.91 Å². The third-order valence-electron chi connectivity index (χ3n) is 4.37. The Bertz CT molecular complexity index is 706. The summed E-state index contributed by atoms with van der Waals surface area (Å²) >= 11 is 0. The summed E-state index contributed by atoms with van der Waals surface area (Å²) in [6, 6.07) is 7.57. The molecule has 1 fully saturated rings. The van der Waals surface area contributed by atoms with E-state index in [0.717, 1.165) is 31.5 Å². The fourth-order valence-electron chi connectivity index (χ4n) is 3.06. The van der Waals surface area contributed by atoms with E-state index in [0.29, 0.717) is 18.1 Å². The van der Waals surface area contributed by atoms with Crippen molar-refractivity contribution in [2.75, 3.05) is 33.8 Å². The molecule has 132 valence electrons. The van der Waals surface area contributed by atoms with Gasteiger partial charge in [-0.15, -0.1) is 0 Å². The van der Waals surface area contributed by atoms with Gasteiger partial charge in [0.25, 0.3) is 5.91 Å². The minimum Gasteiger partial charge on any atom is -0.476 e. The van der Waals surface area contributed by atoms with Gasteiger partial charge in [-0.05, 0) is 50.7 Å². The molecule has 0 radical (unpaired) electrons. The third kappa shape index (κ3) is 4.33. The Morgan fingerprint density at radius 2 is 2.08 bits per heavy atom. The number of amides is 1. The Morgan fingerprint density at radius 1 is 1.28 bits per heavy atom. The second kappa shape index (κ2) is 8.07. The Morgan fingerprint density at radius 3 is 2.84 bits per heavy atom. The first-order valence-corrected chi connectivity index (χ1v) is 8.59. The van der Waals surface area contributed by atoms with Gasteiger partial charge in [-0.1, -0.05) is 0 Å². The lowest BCUT2D eigenvalue weighted by molar-refractivity contribution is 0.0735. The summed E-state index contributed by atoms with van der Waals surface area (Å²) in [7, 11) is 3.98. The van der Waals surface area contributed by atoms with E-state index >= 15 is 0 Å². The molecule has 6 heteroatoms. The van der Waals surface area contributed by atoms with Crippen LogP contribution in [-0.4, -0.2) is 59.5 Å². The highest BCUT2D eigenvalue weighted by Crippen LogP contribution is 2.32. The number of hydrogen-bond donors (Lipinski definition) is 0. The molecule has 1 amide bonds. The molecule has 1 unspecified atom stereocenters. The van der Waals surface area contributed by atoms with Crippen molar-refractivity contribution in [3.05, 3.63) is 54.0 Å². The monoisotopic (exact) mass is 340 g/mol. The molecule has 0 saturated carbocycles. The van der Waals surface area contributed by atoms with E-state index in [4.69, 9.17) is 4.74 Å². The molecule has 0 spiro atoms. The van der Waals surface area contributed by atoms with E-state index < -0.39 is 0 Å². The summed E-state index contributed by atoms with van der Waals surface area (Å²) in [6.07, 6.45) is 7.18. The lowest BCUT2D eigenvalue weighted by Crippen LogP contribution is -2.30. The number of likely N-dealkylation sites (tertiary alicyclic amines) is 1. The largest absolute Gasteiger partial charge is 0.476 e. The molecular formula is C19H24N4O2. The highest BCUT2D eigenvalue weighted by molar-refractivity contribution is 5.94. The zero-order valence-electron chi connectivity index (χ0n) is 14.8. The molecule has 0 bridgehead atoms. The summed E-state index contributed by atoms with van der Waals surface area (Å²) < 4.78 is 5.65. The molecular weight excluding hydrogens is 316 g/mol. The van der Waals surface area contributed by atoms with Crippen LogP contribution in [0.5, 0.6) is 5.88 Å². The van der Waals surface area contributed by atoms with Crippen LogP contribution in [0.2, 0.25) is 0 Å². The molecule has 3 heterocycles. The summed E-state index contributed by atoms with van der Waals surface area (Å²) in [4.78, 5) is 25.2. The van der Waals surface area contributed by atoms with Crippen LogP contribution in [0.25, 0.3) is 0 Å². The number of likely N-dealkylation sites (N-methyl/N-ethyl adjacent to an activating group) is 1. The van der Waals surface area contributed by atoms with Gasteiger partial charge in [0.05, 0.1) is 6.04 Å². The minimum absolute atomic E-state index is 0.0270. The predicted molar refractivity (Wildman–Crippen MR) is 95.5 cm³/mol. The van der Waals surface area contributed by atoms with Gasteiger partial charge < -0.3 is 14.5 Å². The highest BCUT2D eigenvalue weighted by atomic mass is 16.5. The van der Waals surface area contributed by atoms with Crippen molar-refractivity contribution < 1.29 is 9.53 Å². The van der Waals surface area contributed by atoms with Crippen molar-refractivity contribution in [3.63, 3.8) is 0 Å². The number of ether oxygens (including phenoxy) is 1. The summed E-state index contributed by atoms with van der Waals surface area (Å²) in [6.45, 7) is 2.11. The topological polar surface area (TPSA) is 58.6 Å². The summed E-state index contributed by atoms with van der Waals surface area (Å²) in [5, 5.41) is 0. The zero-order valence-corrected chi connectivity index (χ0v) is 14.8. The van der Waals surface area contributed by atoms with E-state index in [2.05, 4.69) is 9.97 Å². The van der Waals surface area contributed by atoms with Crippen molar-refractivity contribution in [3.8, 4) is 5.88 Å². The summed E-state index contributed by atoms with van der Waals surface area (Å²) in [5.41, 5.74) is 1.76. The van der Waals surface area contributed by atoms with Gasteiger partial charge in [-0.2, -0.15) is 0 Å². The molecule has 25 heavy (non-hydrogen) atoms. The molecule has 2 aromatic rings. The number of hydrogen-bond acceptors (Lipinski definition) is 5. The zero-order chi connectivity index (χ0) is 17.6. The van der Waals surface area contributed by atoms with E-state index in [9.17, 15) is 4.79 Å². The average Bonchev–Trinajstić information content (AvgIpc) is 3.11. The fourth-order valence-corrected chi connectivity index (χ4v) is 3.06. The van der Waals surface area contributed by atoms with Crippen LogP contribution < -0.4 is 4.74 Å². The van der Waals surface area contributed by atoms with Crippen molar-refractivity contribution in [1.82, 2.24) is 19.8 Å². The number of nitrogens with zero attached hydrogens (tertiary/aromatic N) is 4. The molecule has 1 saturated heterocycles. The van der Waals surface area contributed by atoms with E-state index in [1.807, 2.05) is 36.0 Å². The first kappa shape index (κ1) is 17.4. The number of rotatable bonds is 6. The minimum atomic E-state index is 0.0270. The third-order valence-corrected chi connectivity index (χ3v) is 4.37. The maximum Gasteiger partial charge on any atom is 0.254 e. The average molecular weight is 340 g/mol. The first-order chi connectivity index (χ1) is 12.1. The smallest absolute Gasteiger partial charge is 0.254 e. The van der Waals surface area contributed by atoms with Crippen LogP contribution in [0.1, 0.15) is 34.8 Å². The first-order valence-electron chi connectivity index (χ1n) is 8.59. The molecule has 1 aliphatic heterocycles. The van der Waals surface area contributed by atoms with Gasteiger partial charge in [0, 0.05) is 43.3 Å². The quantitative estimate of drug-likeness (QED) is 0.808. The lowest BCUT2D eigenvalue weighted by atomic mass is 10.1. The fraction of sp³-hybridized carbons (Fsp3) is 0.421. The van der Waals surface area contributed by atoms with Gasteiger partial charge in [0.2, 0.25) is 5.88 Å². The number of aromatic nitrogens is 2.